The van der Waals surface area contributed by atoms with Crippen LogP contribution in [0.3, 0.4) is 0 Å². The second-order valence-electron chi connectivity index (χ2n) is 25.1. The molecule has 14 bridgehead atoms. The third-order valence-electron chi connectivity index (χ3n) is 18.0. The van der Waals surface area contributed by atoms with Crippen molar-refractivity contribution in [2.75, 3.05) is 89.5 Å². The Balaban J connectivity index is 1.09. The molecule has 21 rings (SSSR count). The molecule has 101 heavy (non-hydrogen) atoms. The Kier molecular flexibility index (Phi) is 32.1. The average Bonchev–Trinajstić information content (AvgIpc) is 0.787. The first-order valence-corrected chi connectivity index (χ1v) is 34.5. The summed E-state index contributed by atoms with van der Waals surface area (Å²) in [5.74, 6) is -6.54. The number of hydrogen-bond donors (Lipinski definition) is 22. The van der Waals surface area contributed by atoms with Gasteiger partial charge in [-0.1, -0.05) is 0 Å². The van der Waals surface area contributed by atoms with E-state index in [1.54, 1.807) is 0 Å². The number of nitrogens with one attached hydrogen (secondary N) is 1. The first kappa shape index (κ1) is 84.2. The van der Waals surface area contributed by atoms with Crippen LogP contribution in [-0.2, 0) is 95.0 Å². The number of ketones is 2. The van der Waals surface area contributed by atoms with Gasteiger partial charge in [0.1, 0.15) is 178 Å². The van der Waals surface area contributed by atoms with Crippen LogP contribution in [0.15, 0.2) is 0 Å². The van der Waals surface area contributed by atoms with Gasteiger partial charge in [0.15, 0.2) is 55.6 Å². The fourth-order valence-corrected chi connectivity index (χ4v) is 14.7. The molecule has 0 amide bonds. The van der Waals surface area contributed by atoms with E-state index in [4.69, 9.17) is 75.8 Å². The SMILES string of the molecule is CN[C@H](CSCC1O[C@H]2O[C@H]3C(CO)O[C@@H](O[C@H]4C(CO)O[C@@H](O[C@H]5C(CO)O[C@@H](O[C@H]6C(CSC[C@@H](CC(=O)COCCOCC(C)=O)C(=O)O)O[C@@H](O[C@H]7C(CO)O[C@H](O[C@H]8C(CO)O[C@H](O[C@@H]1[C@H](O)C2O)C(O)[C@H]8O)C(O)[C@H]7O)C(O)[C@H]6O)C(O)[C@H]5O)C(O)[C@H]4O)C(O)[C@H]3O)C(=O)O. The molecule has 37 atom stereocenters. The van der Waals surface area contributed by atoms with Gasteiger partial charge in [-0.2, -0.15) is 23.5 Å². The van der Waals surface area contributed by atoms with E-state index in [0.717, 1.165) is 23.5 Å². The number of rotatable bonds is 25. The number of carboxylic acids is 2. The number of carbonyl (C=O) groups excluding carboxylic acids is 2. The molecule has 14 unspecified atom stereocenters. The largest absolute Gasteiger partial charge is 0.481 e. The Bertz CT molecular complexity index is 2580. The monoisotopic (exact) mass is 1510 g/mol. The van der Waals surface area contributed by atoms with Crippen LogP contribution in [0.1, 0.15) is 13.3 Å². The van der Waals surface area contributed by atoms with E-state index in [9.17, 15) is 126 Å². The number of ether oxygens (including phenoxy) is 16. The lowest BCUT2D eigenvalue weighted by atomic mass is 9.95. The Hall–Kier alpha value is -2.46. The molecule has 21 fully saturated rings. The zero-order valence-electron chi connectivity index (χ0n) is 54.1. The standard InChI is InChI=1S/C57H93NO41S2/c1-17(64)11-84-3-4-85-12-19(65)5-18(49(80)81)13-100-15-26-47-33(71)40(78)56(91-26)96-45-24(9-62)87-53(36(74)29(45)67)95-44-23(8-61)90-55(39(77)32(44)70)99-48-27(16-101-14-20(58-2)50(82)83)92-57(41(79)34(48)72)97-46-25(10-63)88-52(37(75)30(46)68)93-42-21(6-59)86-51(35(73)28(42)66)94-43-22(7-60)89-54(98-47)38(76)31(43)69/h18,20-48,51-63,66-79H,3-16H2,1-2H3,(H,80,81)(H,82,83)/t18-,20-,21?,22?,23?,24?,25?,26?,27?,28-,29-,30-,31-,32-,33-,34-,35?,36?,37?,38?,39?,40?,41?,42+,43+,44+,45+,46+,47+,48+,51+,52+,53-,54+,55-,56+,57+/m1/s1. The maximum absolute atomic E-state index is 12.9. The summed E-state index contributed by atoms with van der Waals surface area (Å²) in [6, 6.07) is -1.18. The smallest absolute Gasteiger partial charge is 0.321 e. The fourth-order valence-electron chi connectivity index (χ4n) is 12.4. The predicted molar refractivity (Wildman–Crippen MR) is 322 cm³/mol. The first-order valence-electron chi connectivity index (χ1n) is 32.2. The molecule has 21 aliphatic rings. The van der Waals surface area contributed by atoms with E-state index in [-0.39, 0.29) is 37.1 Å². The molecule has 21 saturated heterocycles. The topological polar surface area (TPSA) is 653 Å². The van der Waals surface area contributed by atoms with Gasteiger partial charge < -0.3 is 188 Å². The third-order valence-corrected chi connectivity index (χ3v) is 20.3. The lowest BCUT2D eigenvalue weighted by Crippen LogP contribution is -2.68. The summed E-state index contributed by atoms with van der Waals surface area (Å²) in [6.45, 7) is -5.20. The number of Topliss-reactive ketones (excluding diaryl/α,β-unsaturated/α-hetero) is 2. The number of aliphatic hydroxyl groups excluding tert-OH is 19. The first-order chi connectivity index (χ1) is 48.0. The summed E-state index contributed by atoms with van der Waals surface area (Å²) in [6.07, 6.45) is -73.3. The van der Waals surface area contributed by atoms with Crippen molar-refractivity contribution in [3.63, 3.8) is 0 Å². The summed E-state index contributed by atoms with van der Waals surface area (Å²) in [4.78, 5) is 48.5. The van der Waals surface area contributed by atoms with Crippen LogP contribution in [0, 0.1) is 5.92 Å². The van der Waals surface area contributed by atoms with E-state index < -0.39 is 302 Å². The molecule has 0 spiro atoms. The van der Waals surface area contributed by atoms with Crippen molar-refractivity contribution in [2.45, 2.75) is 234 Å². The van der Waals surface area contributed by atoms with Gasteiger partial charge in [-0.05, 0) is 14.0 Å². The lowest BCUT2D eigenvalue weighted by molar-refractivity contribution is -0.395. The molecule has 0 aromatic heterocycles. The van der Waals surface area contributed by atoms with Crippen molar-refractivity contribution in [1.82, 2.24) is 5.32 Å². The van der Waals surface area contributed by atoms with Gasteiger partial charge in [0.25, 0.3) is 0 Å². The summed E-state index contributed by atoms with van der Waals surface area (Å²) < 4.78 is 92.8. The molecule has 0 aromatic carbocycles. The lowest BCUT2D eigenvalue weighted by Gasteiger charge is -2.50. The van der Waals surface area contributed by atoms with Crippen molar-refractivity contribution in [3.05, 3.63) is 0 Å². The summed E-state index contributed by atoms with van der Waals surface area (Å²) >= 11 is 1.63. The molecule has 0 radical (unpaired) electrons. The second-order valence-corrected chi connectivity index (χ2v) is 27.3. The number of thioether (sulfide) groups is 2. The molecule has 0 aliphatic carbocycles. The van der Waals surface area contributed by atoms with Crippen LogP contribution in [0.25, 0.3) is 0 Å². The van der Waals surface area contributed by atoms with Gasteiger partial charge in [0, 0.05) is 29.4 Å². The van der Waals surface area contributed by atoms with Gasteiger partial charge >= 0.3 is 11.9 Å². The maximum Gasteiger partial charge on any atom is 0.321 e. The normalized spacial score (nSPS) is 45.5. The number of likely N-dealkylation sites (N-methyl/N-ethyl adjacent to an activating group) is 1. The highest BCUT2D eigenvalue weighted by Gasteiger charge is 2.60. The van der Waals surface area contributed by atoms with E-state index >= 15 is 0 Å². The zero-order chi connectivity index (χ0) is 74.0. The van der Waals surface area contributed by atoms with Crippen molar-refractivity contribution in [2.24, 2.45) is 5.92 Å². The fraction of sp³-hybridized carbons (Fsp3) is 0.930. The highest BCUT2D eigenvalue weighted by molar-refractivity contribution is 7.99. The summed E-state index contributed by atoms with van der Waals surface area (Å²) in [7, 11) is 1.35. The van der Waals surface area contributed by atoms with E-state index in [0.29, 0.717) is 0 Å². The Labute approximate surface area is 582 Å². The van der Waals surface area contributed by atoms with Gasteiger partial charge in [-0.25, -0.2) is 0 Å². The Morgan fingerprint density at radius 3 is 0.842 bits per heavy atom. The quantitative estimate of drug-likeness (QED) is 0.0377. The molecule has 584 valence electrons. The minimum atomic E-state index is -2.32. The maximum atomic E-state index is 12.9. The van der Waals surface area contributed by atoms with E-state index in [2.05, 4.69) is 5.32 Å². The number of aliphatic carboxylic acids is 2. The van der Waals surface area contributed by atoms with Crippen LogP contribution in [0.4, 0.5) is 0 Å². The van der Waals surface area contributed by atoms with Crippen LogP contribution in [0.5, 0.6) is 0 Å². The predicted octanol–water partition coefficient (Wildman–Crippen LogP) is -13.8. The highest BCUT2D eigenvalue weighted by atomic mass is 32.2. The van der Waals surface area contributed by atoms with Crippen LogP contribution in [-0.4, -0.2) is 441 Å². The molecule has 21 aliphatic heterocycles. The van der Waals surface area contributed by atoms with Gasteiger partial charge in [0.2, 0.25) is 0 Å². The van der Waals surface area contributed by atoms with Gasteiger partial charge in [-0.15, -0.1) is 0 Å². The average molecular weight is 1510 g/mol. The van der Waals surface area contributed by atoms with Crippen LogP contribution >= 0.6 is 23.5 Å². The zero-order valence-corrected chi connectivity index (χ0v) is 55.8. The van der Waals surface area contributed by atoms with E-state index in [1.165, 1.54) is 14.0 Å². The number of aliphatic hydroxyl groups is 19. The van der Waals surface area contributed by atoms with Gasteiger partial charge in [-0.3, -0.25) is 19.2 Å². The second kappa shape index (κ2) is 38.6. The molecule has 21 heterocycles. The number of carboxylic acid groups (broad SMARTS) is 2. The minimum absolute atomic E-state index is 0.0588. The number of hydrogen-bond acceptors (Lipinski definition) is 42. The highest BCUT2D eigenvalue weighted by Crippen LogP contribution is 2.40. The minimum Gasteiger partial charge on any atom is -0.481 e. The molecular formula is C57H93NO41S2. The molecule has 0 saturated carbocycles. The molecule has 42 nitrogen and oxygen atoms in total. The molecule has 22 N–H and O–H groups in total. The van der Waals surface area contributed by atoms with Gasteiger partial charge in [0.05, 0.1) is 64.4 Å². The summed E-state index contributed by atoms with van der Waals surface area (Å²) in [5.41, 5.74) is 0. The summed E-state index contributed by atoms with van der Waals surface area (Å²) in [5, 5.41) is 239. The third kappa shape index (κ3) is 20.1. The van der Waals surface area contributed by atoms with Crippen LogP contribution in [0.2, 0.25) is 0 Å². The Morgan fingerprint density at radius 1 is 0.356 bits per heavy atom. The van der Waals surface area contributed by atoms with Crippen molar-refractivity contribution < 1.29 is 202 Å². The van der Waals surface area contributed by atoms with E-state index in [1.807, 2.05) is 0 Å². The van der Waals surface area contributed by atoms with Crippen molar-refractivity contribution >= 4 is 47.0 Å². The van der Waals surface area contributed by atoms with Crippen LogP contribution < -0.4 is 5.32 Å². The molecule has 44 heteroatoms. The van der Waals surface area contributed by atoms with Crippen molar-refractivity contribution in [3.8, 4) is 0 Å². The van der Waals surface area contributed by atoms with Crippen molar-refractivity contribution in [1.29, 1.82) is 0 Å². The number of carbonyl (C=O) groups is 4. The molecular weight excluding hydrogens is 1420 g/mol. The molecule has 0 aromatic rings. The Morgan fingerprint density at radius 2 is 0.604 bits per heavy atom.